The quantitative estimate of drug-likeness (QED) is 0.607. The average molecular weight is 182 g/mol. The highest BCUT2D eigenvalue weighted by atomic mass is 35.5. The van der Waals surface area contributed by atoms with Crippen LogP contribution >= 0.6 is 11.6 Å². The van der Waals surface area contributed by atoms with Crippen molar-refractivity contribution in [3.05, 3.63) is 28.8 Å². The number of hydrogen-bond donors (Lipinski definition) is 0. The molecule has 0 aliphatic rings. The lowest BCUT2D eigenvalue weighted by atomic mass is 10.3. The average Bonchev–Trinajstić information content (AvgIpc) is 1.85. The van der Waals surface area contributed by atoms with Gasteiger partial charge in [0.1, 0.15) is 11.0 Å². The van der Waals surface area contributed by atoms with Crippen molar-refractivity contribution in [2.45, 2.75) is 6.43 Å². The monoisotopic (exact) mass is 181 g/mol. The number of rotatable bonds is 1. The molecule has 0 N–H and O–H groups in total. The van der Waals surface area contributed by atoms with E-state index in [0.717, 1.165) is 12.3 Å². The van der Waals surface area contributed by atoms with Crippen LogP contribution in [0.4, 0.5) is 13.2 Å². The molecule has 0 saturated heterocycles. The Morgan fingerprint density at radius 1 is 1.45 bits per heavy atom. The molecular weight excluding hydrogens is 179 g/mol. The summed E-state index contributed by atoms with van der Waals surface area (Å²) in [6.45, 7) is 0. The second-order valence-corrected chi connectivity index (χ2v) is 2.22. The van der Waals surface area contributed by atoms with Gasteiger partial charge in [-0.15, -0.1) is 0 Å². The number of halogens is 4. The van der Waals surface area contributed by atoms with Gasteiger partial charge in [0, 0.05) is 12.3 Å². The molecule has 0 unspecified atom stereocenters. The topological polar surface area (TPSA) is 12.9 Å². The Kier molecular flexibility index (Phi) is 2.34. The van der Waals surface area contributed by atoms with Crippen molar-refractivity contribution < 1.29 is 13.2 Å². The Bertz CT molecular complexity index is 264. The van der Waals surface area contributed by atoms with Crippen molar-refractivity contribution in [3.8, 4) is 0 Å². The van der Waals surface area contributed by atoms with Gasteiger partial charge in [-0.05, 0) is 0 Å². The van der Waals surface area contributed by atoms with Crippen molar-refractivity contribution in [3.63, 3.8) is 0 Å². The van der Waals surface area contributed by atoms with E-state index in [9.17, 15) is 13.2 Å². The van der Waals surface area contributed by atoms with E-state index in [2.05, 4.69) is 4.98 Å². The zero-order chi connectivity index (χ0) is 8.43. The summed E-state index contributed by atoms with van der Waals surface area (Å²) in [5, 5.41) is -0.132. The molecule has 0 aliphatic carbocycles. The van der Waals surface area contributed by atoms with E-state index in [1.165, 1.54) is 0 Å². The predicted molar refractivity (Wildman–Crippen MR) is 34.2 cm³/mol. The molecule has 0 fully saturated rings. The summed E-state index contributed by atoms with van der Waals surface area (Å²) in [6.07, 6.45) is -2.12. The molecule has 0 saturated carbocycles. The fraction of sp³-hybridized carbons (Fsp3) is 0.167. The summed E-state index contributed by atoms with van der Waals surface area (Å²) in [4.78, 5) is 3.31. The van der Waals surface area contributed by atoms with Gasteiger partial charge in [0.15, 0.2) is 0 Å². The summed E-state index contributed by atoms with van der Waals surface area (Å²) in [5.74, 6) is -1.03. The van der Waals surface area contributed by atoms with Gasteiger partial charge < -0.3 is 0 Å². The number of hydrogen-bond acceptors (Lipinski definition) is 1. The van der Waals surface area contributed by atoms with Crippen LogP contribution in [0.3, 0.4) is 0 Å². The van der Waals surface area contributed by atoms with E-state index in [1.807, 2.05) is 0 Å². The first kappa shape index (κ1) is 8.33. The maximum atomic E-state index is 12.5. The van der Waals surface area contributed by atoms with Crippen LogP contribution in [0, 0.1) is 5.82 Å². The van der Waals surface area contributed by atoms with Gasteiger partial charge in [-0.3, -0.25) is 0 Å². The van der Waals surface area contributed by atoms with Crippen LogP contribution in [0.15, 0.2) is 12.3 Å². The van der Waals surface area contributed by atoms with Crippen molar-refractivity contribution in [1.29, 1.82) is 0 Å². The lowest BCUT2D eigenvalue weighted by Gasteiger charge is -1.99. The summed E-state index contributed by atoms with van der Waals surface area (Å²) in [5.41, 5.74) is -0.727. The minimum absolute atomic E-state index is 0.132. The zero-order valence-corrected chi connectivity index (χ0v) is 5.95. The normalized spacial score (nSPS) is 10.6. The standard InChI is InChI=1S/C6H3ClF3N/c7-5-1-4(8)3(2-11-5)6(9)10/h1-2,6H. The predicted octanol–water partition coefficient (Wildman–Crippen LogP) is 2.81. The summed E-state index contributed by atoms with van der Waals surface area (Å²) >= 11 is 5.23. The van der Waals surface area contributed by atoms with Crippen LogP contribution in [-0.4, -0.2) is 4.98 Å². The van der Waals surface area contributed by atoms with E-state index in [4.69, 9.17) is 11.6 Å². The molecule has 0 atom stereocenters. The summed E-state index contributed by atoms with van der Waals surface area (Å²) < 4.78 is 36.2. The molecule has 60 valence electrons. The highest BCUT2D eigenvalue weighted by Crippen LogP contribution is 2.22. The van der Waals surface area contributed by atoms with Gasteiger partial charge >= 0.3 is 0 Å². The minimum atomic E-state index is -2.85. The molecule has 11 heavy (non-hydrogen) atoms. The number of aromatic nitrogens is 1. The second kappa shape index (κ2) is 3.09. The Morgan fingerprint density at radius 3 is 2.55 bits per heavy atom. The van der Waals surface area contributed by atoms with Gasteiger partial charge in [0.2, 0.25) is 0 Å². The summed E-state index contributed by atoms with van der Waals surface area (Å²) in [7, 11) is 0. The Labute approximate surface area is 65.8 Å². The molecule has 5 heteroatoms. The first-order valence-electron chi connectivity index (χ1n) is 2.70. The number of pyridine rings is 1. The van der Waals surface area contributed by atoms with E-state index < -0.39 is 17.8 Å². The Balaban J connectivity index is 3.09. The highest BCUT2D eigenvalue weighted by Gasteiger charge is 2.13. The van der Waals surface area contributed by atoms with E-state index in [0.29, 0.717) is 0 Å². The minimum Gasteiger partial charge on any atom is -0.244 e. The Morgan fingerprint density at radius 2 is 2.09 bits per heavy atom. The fourth-order valence-electron chi connectivity index (χ4n) is 0.579. The first-order chi connectivity index (χ1) is 5.11. The van der Waals surface area contributed by atoms with Gasteiger partial charge in [-0.1, -0.05) is 11.6 Å². The van der Waals surface area contributed by atoms with Crippen molar-refractivity contribution in [2.75, 3.05) is 0 Å². The molecule has 0 bridgehead atoms. The van der Waals surface area contributed by atoms with E-state index >= 15 is 0 Å². The molecule has 0 radical (unpaired) electrons. The first-order valence-corrected chi connectivity index (χ1v) is 3.08. The lowest BCUT2D eigenvalue weighted by molar-refractivity contribution is 0.146. The van der Waals surface area contributed by atoms with Gasteiger partial charge in [0.05, 0.1) is 5.56 Å². The largest absolute Gasteiger partial charge is 0.268 e. The molecule has 1 aromatic rings. The maximum absolute atomic E-state index is 12.5. The Hall–Kier alpha value is -0.770. The van der Waals surface area contributed by atoms with Crippen LogP contribution in [0.2, 0.25) is 5.15 Å². The van der Waals surface area contributed by atoms with E-state index in [-0.39, 0.29) is 5.15 Å². The summed E-state index contributed by atoms with van der Waals surface area (Å²) in [6, 6.07) is 0.753. The third kappa shape index (κ3) is 1.83. The smallest absolute Gasteiger partial charge is 0.244 e. The molecular formula is C6H3ClF3N. The molecule has 0 spiro atoms. The van der Waals surface area contributed by atoms with Crippen LogP contribution in [-0.2, 0) is 0 Å². The lowest BCUT2D eigenvalue weighted by Crippen LogP contribution is -1.91. The molecule has 0 aliphatic heterocycles. The van der Waals surface area contributed by atoms with Crippen molar-refractivity contribution in [2.24, 2.45) is 0 Å². The maximum Gasteiger partial charge on any atom is 0.268 e. The number of alkyl halides is 2. The van der Waals surface area contributed by atoms with Crippen molar-refractivity contribution in [1.82, 2.24) is 4.98 Å². The van der Waals surface area contributed by atoms with Gasteiger partial charge in [-0.2, -0.15) is 0 Å². The highest BCUT2D eigenvalue weighted by molar-refractivity contribution is 6.29. The van der Waals surface area contributed by atoms with Crippen LogP contribution < -0.4 is 0 Å². The number of nitrogens with zero attached hydrogens (tertiary/aromatic N) is 1. The molecule has 1 rings (SSSR count). The van der Waals surface area contributed by atoms with Crippen molar-refractivity contribution >= 4 is 11.6 Å². The second-order valence-electron chi connectivity index (χ2n) is 1.83. The van der Waals surface area contributed by atoms with Crippen LogP contribution in [0.1, 0.15) is 12.0 Å². The SMILES string of the molecule is Fc1cc(Cl)ncc1C(F)F. The molecule has 1 heterocycles. The molecule has 1 aromatic heterocycles. The zero-order valence-electron chi connectivity index (χ0n) is 5.19. The van der Waals surface area contributed by atoms with E-state index in [1.54, 1.807) is 0 Å². The third-order valence-corrected chi connectivity index (χ3v) is 1.29. The fourth-order valence-corrected chi connectivity index (χ4v) is 0.723. The van der Waals surface area contributed by atoms with Crippen LogP contribution in [0.25, 0.3) is 0 Å². The van der Waals surface area contributed by atoms with Gasteiger partial charge in [-0.25, -0.2) is 18.2 Å². The van der Waals surface area contributed by atoms with Gasteiger partial charge in [0.25, 0.3) is 6.43 Å². The molecule has 1 nitrogen and oxygen atoms in total. The molecule has 0 aromatic carbocycles. The third-order valence-electron chi connectivity index (χ3n) is 1.08. The molecule has 0 amide bonds. The van der Waals surface area contributed by atoms with Crippen LogP contribution in [0.5, 0.6) is 0 Å².